The van der Waals surface area contributed by atoms with Crippen molar-refractivity contribution < 1.29 is 0 Å². The zero-order valence-corrected chi connectivity index (χ0v) is 19.2. The number of allylic oxidation sites excluding steroid dienone is 4. The lowest BCUT2D eigenvalue weighted by molar-refractivity contribution is -0.109. The molecule has 2 saturated heterocycles. The molecule has 4 bridgehead atoms. The van der Waals surface area contributed by atoms with E-state index in [0.29, 0.717) is 11.5 Å². The number of rotatable bonds is 8. The molecule has 0 radical (unpaired) electrons. The van der Waals surface area contributed by atoms with Crippen molar-refractivity contribution >= 4 is 0 Å². The van der Waals surface area contributed by atoms with Crippen molar-refractivity contribution in [2.45, 2.75) is 76.7 Å². The third-order valence-electron chi connectivity index (χ3n) is 8.44. The highest BCUT2D eigenvalue weighted by Crippen LogP contribution is 2.57. The van der Waals surface area contributed by atoms with Gasteiger partial charge in [0.2, 0.25) is 0 Å². The second-order valence-electron chi connectivity index (χ2n) is 10.3. The molecule has 4 aliphatic heterocycles. The lowest BCUT2D eigenvalue weighted by atomic mass is 9.52. The molecule has 0 N–H and O–H groups in total. The first kappa shape index (κ1) is 22.1. The molecular formula is C28H44N2. The topological polar surface area (TPSA) is 6.48 Å². The van der Waals surface area contributed by atoms with E-state index in [-0.39, 0.29) is 0 Å². The van der Waals surface area contributed by atoms with Crippen molar-refractivity contribution in [1.29, 1.82) is 0 Å². The predicted molar refractivity (Wildman–Crippen MR) is 130 cm³/mol. The first-order valence-corrected chi connectivity index (χ1v) is 12.8. The van der Waals surface area contributed by atoms with E-state index in [0.717, 1.165) is 18.3 Å². The molecule has 1 spiro atoms. The van der Waals surface area contributed by atoms with Crippen molar-refractivity contribution in [2.75, 3.05) is 32.7 Å². The van der Waals surface area contributed by atoms with E-state index in [1.807, 2.05) is 0 Å². The van der Waals surface area contributed by atoms with E-state index in [1.165, 1.54) is 96.9 Å². The largest absolute Gasteiger partial charge is 0.303 e. The minimum Gasteiger partial charge on any atom is -0.303 e. The minimum atomic E-state index is 0.458. The Balaban J connectivity index is 1.61. The summed E-state index contributed by atoms with van der Waals surface area (Å²) in [5.41, 5.74) is 2.22. The Hall–Kier alpha value is -1.12. The van der Waals surface area contributed by atoms with Crippen LogP contribution in [-0.4, -0.2) is 48.6 Å². The Morgan fingerprint density at radius 2 is 1.90 bits per heavy atom. The molecule has 30 heavy (non-hydrogen) atoms. The second-order valence-corrected chi connectivity index (χ2v) is 10.3. The molecule has 0 saturated carbocycles. The van der Waals surface area contributed by atoms with Gasteiger partial charge in [-0.05, 0) is 102 Å². The molecule has 1 unspecified atom stereocenters. The highest BCUT2D eigenvalue weighted by atomic mass is 15.2. The predicted octanol–water partition coefficient (Wildman–Crippen LogP) is 6.38. The standard InChI is InChI=1S/C28H44N2/c1-3-5-7-13-18-29-20-16-26-25-21-24(15-6-4-2)27-28(26,23-29)17-12-10-8-9-11-14-19-30(27)22-25/h3-4,8,10,21,25-27H,1-2,5-7,9,11-20,22-23H2/b10-8-/t25-,26-,27-,28-/m0/s1. The fourth-order valence-electron chi connectivity index (χ4n) is 7.25. The summed E-state index contributed by atoms with van der Waals surface area (Å²) in [5, 5.41) is 0. The summed E-state index contributed by atoms with van der Waals surface area (Å²) >= 11 is 0. The Kier molecular flexibility index (Phi) is 7.70. The van der Waals surface area contributed by atoms with E-state index >= 15 is 0 Å². The van der Waals surface area contributed by atoms with E-state index in [1.54, 1.807) is 5.57 Å². The van der Waals surface area contributed by atoms with Gasteiger partial charge in [-0.1, -0.05) is 36.0 Å². The molecule has 2 nitrogen and oxygen atoms in total. The summed E-state index contributed by atoms with van der Waals surface area (Å²) in [6.07, 6.45) is 26.1. The summed E-state index contributed by atoms with van der Waals surface area (Å²) in [4.78, 5) is 5.78. The fraction of sp³-hybridized carbons (Fsp3) is 0.714. The van der Waals surface area contributed by atoms with Crippen molar-refractivity contribution in [3.05, 3.63) is 49.1 Å². The van der Waals surface area contributed by atoms with Gasteiger partial charge in [0.15, 0.2) is 0 Å². The molecule has 5 aliphatic rings. The van der Waals surface area contributed by atoms with Gasteiger partial charge in [0.25, 0.3) is 0 Å². The maximum atomic E-state index is 4.03. The number of unbranched alkanes of at least 4 members (excludes halogenated alkanes) is 2. The van der Waals surface area contributed by atoms with E-state index in [9.17, 15) is 0 Å². The van der Waals surface area contributed by atoms with Gasteiger partial charge in [-0.25, -0.2) is 0 Å². The number of piperidine rings is 2. The van der Waals surface area contributed by atoms with Gasteiger partial charge < -0.3 is 4.90 Å². The number of hydrogen-bond acceptors (Lipinski definition) is 2. The molecule has 2 fully saturated rings. The zero-order chi connectivity index (χ0) is 20.8. The summed E-state index contributed by atoms with van der Waals surface area (Å²) in [7, 11) is 0. The molecule has 166 valence electrons. The Bertz CT molecular complexity index is 647. The maximum absolute atomic E-state index is 4.03. The van der Waals surface area contributed by atoms with Gasteiger partial charge in [0.05, 0.1) is 0 Å². The highest BCUT2D eigenvalue weighted by molar-refractivity contribution is 5.30. The Labute approximate surface area is 185 Å². The SMILES string of the molecule is C=CCCCCN1CC[C@H]2[C@H]3C=C(CCC=C)[C@@H]4N(CCCC/C=C\CC[C@@]42C1)C3. The Morgan fingerprint density at radius 1 is 1.03 bits per heavy atom. The van der Waals surface area contributed by atoms with E-state index in [2.05, 4.69) is 53.3 Å². The molecule has 0 aromatic rings. The lowest BCUT2D eigenvalue weighted by Crippen LogP contribution is -2.68. The van der Waals surface area contributed by atoms with Crippen molar-refractivity contribution in [2.24, 2.45) is 17.3 Å². The zero-order valence-electron chi connectivity index (χ0n) is 19.2. The van der Waals surface area contributed by atoms with Crippen LogP contribution in [0.5, 0.6) is 0 Å². The molecule has 1 aliphatic carbocycles. The van der Waals surface area contributed by atoms with Gasteiger partial charge in [-0.3, -0.25) is 4.90 Å². The van der Waals surface area contributed by atoms with Gasteiger partial charge >= 0.3 is 0 Å². The molecule has 2 heteroatoms. The van der Waals surface area contributed by atoms with Crippen LogP contribution in [0, 0.1) is 17.3 Å². The van der Waals surface area contributed by atoms with Crippen molar-refractivity contribution in [3.8, 4) is 0 Å². The van der Waals surface area contributed by atoms with Crippen molar-refractivity contribution in [1.82, 2.24) is 9.80 Å². The lowest BCUT2D eigenvalue weighted by Gasteiger charge is -2.64. The summed E-state index contributed by atoms with van der Waals surface area (Å²) in [6.45, 7) is 14.5. The molecule has 0 amide bonds. The number of hydrogen-bond donors (Lipinski definition) is 0. The van der Waals surface area contributed by atoms with Crippen LogP contribution in [0.25, 0.3) is 0 Å². The van der Waals surface area contributed by atoms with Crippen molar-refractivity contribution in [3.63, 3.8) is 0 Å². The summed E-state index contributed by atoms with van der Waals surface area (Å²) in [6, 6.07) is 0.676. The summed E-state index contributed by atoms with van der Waals surface area (Å²) < 4.78 is 0. The highest BCUT2D eigenvalue weighted by Gasteiger charge is 2.58. The maximum Gasteiger partial charge on any atom is 0.0379 e. The molecule has 4 heterocycles. The number of nitrogens with zero attached hydrogens (tertiary/aromatic N) is 2. The third-order valence-corrected chi connectivity index (χ3v) is 8.44. The van der Waals surface area contributed by atoms with Crippen LogP contribution < -0.4 is 0 Å². The smallest absolute Gasteiger partial charge is 0.0379 e. The van der Waals surface area contributed by atoms with Gasteiger partial charge in [-0.15, -0.1) is 13.2 Å². The first-order chi connectivity index (χ1) is 14.8. The van der Waals surface area contributed by atoms with Crippen LogP contribution in [-0.2, 0) is 0 Å². The summed E-state index contributed by atoms with van der Waals surface area (Å²) in [5.74, 6) is 1.67. The van der Waals surface area contributed by atoms with E-state index < -0.39 is 0 Å². The monoisotopic (exact) mass is 408 g/mol. The van der Waals surface area contributed by atoms with Crippen LogP contribution in [0.1, 0.15) is 70.6 Å². The molecule has 0 aromatic heterocycles. The quantitative estimate of drug-likeness (QED) is 0.340. The van der Waals surface area contributed by atoms with Crippen LogP contribution in [0.4, 0.5) is 0 Å². The average molecular weight is 409 g/mol. The Morgan fingerprint density at radius 3 is 2.77 bits per heavy atom. The van der Waals surface area contributed by atoms with Gasteiger partial charge in [-0.2, -0.15) is 0 Å². The average Bonchev–Trinajstić information content (AvgIpc) is 2.79. The van der Waals surface area contributed by atoms with Gasteiger partial charge in [0, 0.05) is 24.5 Å². The van der Waals surface area contributed by atoms with Gasteiger partial charge in [0.1, 0.15) is 0 Å². The van der Waals surface area contributed by atoms with E-state index in [4.69, 9.17) is 0 Å². The third kappa shape index (κ3) is 4.55. The molecule has 5 rings (SSSR count). The fourth-order valence-corrected chi connectivity index (χ4v) is 7.25. The van der Waals surface area contributed by atoms with Crippen LogP contribution in [0.3, 0.4) is 0 Å². The van der Waals surface area contributed by atoms with Crippen LogP contribution >= 0.6 is 0 Å². The normalized spacial score (nSPS) is 37.5. The number of likely N-dealkylation sites (tertiary alicyclic amines) is 1. The second kappa shape index (κ2) is 10.5. The molecule has 5 atom stereocenters. The van der Waals surface area contributed by atoms with Crippen LogP contribution in [0.2, 0.25) is 0 Å². The molecular weight excluding hydrogens is 364 g/mol. The first-order valence-electron chi connectivity index (χ1n) is 12.8. The molecule has 0 aromatic carbocycles. The van der Waals surface area contributed by atoms with Crippen LogP contribution in [0.15, 0.2) is 49.1 Å². The minimum absolute atomic E-state index is 0.458.